The molecule has 3 amide bonds. The molecule has 2 rings (SSSR count). The van der Waals surface area contributed by atoms with Crippen LogP contribution in [0.5, 0.6) is 0 Å². The Morgan fingerprint density at radius 2 is 1.80 bits per heavy atom. The number of benzene rings is 1. The van der Waals surface area contributed by atoms with Crippen molar-refractivity contribution in [3.05, 3.63) is 35.4 Å². The topological polar surface area (TPSA) is 203 Å². The van der Waals surface area contributed by atoms with Crippen LogP contribution >= 0.6 is 0 Å². The molecule has 1 saturated heterocycles. The average Bonchev–Trinajstić information content (AvgIpc) is 3.11. The third-order valence-electron chi connectivity index (χ3n) is 5.57. The van der Waals surface area contributed by atoms with Crippen molar-refractivity contribution >= 4 is 35.5 Å². The van der Waals surface area contributed by atoms with Crippen LogP contribution in [0.2, 0.25) is 0 Å². The van der Waals surface area contributed by atoms with E-state index in [1.807, 2.05) is 0 Å². The van der Waals surface area contributed by atoms with Gasteiger partial charge in [-0.05, 0) is 24.3 Å². The van der Waals surface area contributed by atoms with E-state index in [4.69, 9.17) is 11.1 Å². The highest BCUT2D eigenvalue weighted by Crippen LogP contribution is 2.18. The second kappa shape index (κ2) is 12.0. The highest BCUT2D eigenvalue weighted by Gasteiger charge is 2.41. The number of carbonyl (C=O) groups excluding carboxylic acids is 3. The number of carboxylic acid groups (broad SMARTS) is 2. The Hall–Kier alpha value is -3.96. The van der Waals surface area contributed by atoms with Gasteiger partial charge in [0.15, 0.2) is 0 Å². The maximum atomic E-state index is 12.9. The number of nitrogens with one attached hydrogen (secondary N) is 3. The average molecular weight is 490 g/mol. The van der Waals surface area contributed by atoms with E-state index in [0.29, 0.717) is 11.1 Å². The molecule has 0 radical (unpaired) electrons. The van der Waals surface area contributed by atoms with Gasteiger partial charge in [0.2, 0.25) is 17.7 Å². The highest BCUT2D eigenvalue weighted by atomic mass is 16.4. The molecule has 0 aromatic heterocycles. The molecule has 35 heavy (non-hydrogen) atoms. The number of nitrogens with two attached hydrogens (primary N) is 1. The minimum Gasteiger partial charge on any atom is -0.481 e. The minimum absolute atomic E-state index is 0.0313. The van der Waals surface area contributed by atoms with Crippen LogP contribution in [-0.4, -0.2) is 75.3 Å². The molecule has 1 heterocycles. The van der Waals surface area contributed by atoms with Gasteiger partial charge in [0.1, 0.15) is 24.0 Å². The van der Waals surface area contributed by atoms with E-state index < -0.39 is 54.2 Å². The maximum absolute atomic E-state index is 12.9. The number of amides is 3. The largest absolute Gasteiger partial charge is 0.481 e. The van der Waals surface area contributed by atoms with Gasteiger partial charge in [0.25, 0.3) is 0 Å². The van der Waals surface area contributed by atoms with Crippen molar-refractivity contribution in [1.82, 2.24) is 15.5 Å². The quantitative estimate of drug-likeness (QED) is 0.169. The summed E-state index contributed by atoms with van der Waals surface area (Å²) >= 11 is 0. The van der Waals surface area contributed by atoms with Crippen LogP contribution in [0, 0.1) is 11.3 Å². The van der Waals surface area contributed by atoms with Crippen LogP contribution < -0.4 is 16.4 Å². The van der Waals surface area contributed by atoms with Crippen LogP contribution in [0.15, 0.2) is 24.3 Å². The van der Waals surface area contributed by atoms with Crippen LogP contribution in [0.3, 0.4) is 0 Å². The zero-order chi connectivity index (χ0) is 26.3. The molecule has 190 valence electrons. The van der Waals surface area contributed by atoms with E-state index in [0.717, 1.165) is 4.90 Å². The monoisotopic (exact) mass is 489 g/mol. The molecule has 0 spiro atoms. The van der Waals surface area contributed by atoms with Crippen molar-refractivity contribution in [3.8, 4) is 0 Å². The Bertz CT molecular complexity index is 992. The van der Waals surface area contributed by atoms with E-state index in [1.54, 1.807) is 38.1 Å². The fourth-order valence-electron chi connectivity index (χ4n) is 3.85. The van der Waals surface area contributed by atoms with Crippen molar-refractivity contribution < 1.29 is 34.2 Å². The Kier molecular flexibility index (Phi) is 9.32. The smallest absolute Gasteiger partial charge is 0.326 e. The third-order valence-corrected chi connectivity index (χ3v) is 5.57. The van der Waals surface area contributed by atoms with Gasteiger partial charge in [-0.25, -0.2) is 4.79 Å². The molecule has 0 aliphatic carbocycles. The summed E-state index contributed by atoms with van der Waals surface area (Å²) in [6.07, 6.45) is -0.419. The van der Waals surface area contributed by atoms with Gasteiger partial charge in [-0.15, -0.1) is 0 Å². The Morgan fingerprint density at radius 1 is 1.17 bits per heavy atom. The summed E-state index contributed by atoms with van der Waals surface area (Å²) in [4.78, 5) is 62.1. The lowest BCUT2D eigenvalue weighted by Gasteiger charge is -2.28. The number of rotatable bonds is 12. The molecule has 12 nitrogen and oxygen atoms in total. The summed E-state index contributed by atoms with van der Waals surface area (Å²) in [5.41, 5.74) is 6.56. The molecular formula is C23H31N5O7. The van der Waals surface area contributed by atoms with Gasteiger partial charge in [-0.3, -0.25) is 24.6 Å². The second-order valence-corrected chi connectivity index (χ2v) is 8.87. The van der Waals surface area contributed by atoms with E-state index in [2.05, 4.69) is 10.6 Å². The summed E-state index contributed by atoms with van der Waals surface area (Å²) in [6.45, 7) is 3.60. The zero-order valence-electron chi connectivity index (χ0n) is 19.6. The molecule has 1 aromatic rings. The van der Waals surface area contributed by atoms with Crippen molar-refractivity contribution in [2.24, 2.45) is 11.7 Å². The Labute approximate surface area is 202 Å². The van der Waals surface area contributed by atoms with Crippen molar-refractivity contribution in [1.29, 1.82) is 5.41 Å². The number of hydrogen-bond donors (Lipinski definition) is 6. The summed E-state index contributed by atoms with van der Waals surface area (Å²) < 4.78 is 0. The Morgan fingerprint density at radius 3 is 2.31 bits per heavy atom. The second-order valence-electron chi connectivity index (χ2n) is 8.87. The minimum atomic E-state index is -1.41. The summed E-state index contributed by atoms with van der Waals surface area (Å²) in [5, 5.41) is 31.0. The SMILES string of the molecule is CC(C)C[C@H](NC(=O)[C@H](CC(=O)O)N1CC[C@H](NC(=O)Cc2ccc(C(=N)N)cc2)C1=O)C(=O)O. The van der Waals surface area contributed by atoms with Crippen molar-refractivity contribution in [2.45, 2.75) is 57.7 Å². The number of nitrogen functional groups attached to an aromatic ring is 1. The molecule has 1 aromatic carbocycles. The molecule has 7 N–H and O–H groups in total. The highest BCUT2D eigenvalue weighted by molar-refractivity contribution is 5.97. The number of hydrogen-bond acceptors (Lipinski definition) is 6. The van der Waals surface area contributed by atoms with Crippen LogP contribution in [-0.2, 0) is 30.4 Å². The van der Waals surface area contributed by atoms with E-state index >= 15 is 0 Å². The zero-order valence-corrected chi connectivity index (χ0v) is 19.6. The van der Waals surface area contributed by atoms with Gasteiger partial charge in [0, 0.05) is 12.1 Å². The molecule has 0 bridgehead atoms. The summed E-state index contributed by atoms with van der Waals surface area (Å²) in [6, 6.07) is 2.92. The number of carbonyl (C=O) groups is 5. The molecule has 0 saturated carbocycles. The number of carboxylic acids is 2. The lowest BCUT2D eigenvalue weighted by atomic mass is 10.0. The lowest BCUT2D eigenvalue weighted by Crippen LogP contribution is -2.54. The van der Waals surface area contributed by atoms with E-state index in [-0.39, 0.29) is 37.6 Å². The molecule has 12 heteroatoms. The van der Waals surface area contributed by atoms with Gasteiger partial charge < -0.3 is 31.5 Å². The molecule has 1 aliphatic rings. The predicted octanol–water partition coefficient (Wildman–Crippen LogP) is -0.311. The first kappa shape index (κ1) is 27.3. The molecule has 3 atom stereocenters. The molecule has 0 unspecified atom stereocenters. The fourth-order valence-corrected chi connectivity index (χ4v) is 3.85. The first-order chi connectivity index (χ1) is 16.4. The molecule has 1 aliphatic heterocycles. The molecule has 1 fully saturated rings. The van der Waals surface area contributed by atoms with Crippen molar-refractivity contribution in [2.75, 3.05) is 6.54 Å². The predicted molar refractivity (Wildman–Crippen MR) is 124 cm³/mol. The first-order valence-corrected chi connectivity index (χ1v) is 11.2. The fraction of sp³-hybridized carbons (Fsp3) is 0.478. The molecular weight excluding hydrogens is 458 g/mol. The Balaban J connectivity index is 2.05. The lowest BCUT2D eigenvalue weighted by molar-refractivity contribution is -0.147. The van der Waals surface area contributed by atoms with Crippen LogP contribution in [0.25, 0.3) is 0 Å². The van der Waals surface area contributed by atoms with Gasteiger partial charge >= 0.3 is 11.9 Å². The van der Waals surface area contributed by atoms with Gasteiger partial charge in [-0.2, -0.15) is 0 Å². The number of nitrogens with zero attached hydrogens (tertiary/aromatic N) is 1. The number of likely N-dealkylation sites (tertiary alicyclic amines) is 1. The van der Waals surface area contributed by atoms with Crippen LogP contribution in [0.1, 0.15) is 44.2 Å². The van der Waals surface area contributed by atoms with Crippen LogP contribution in [0.4, 0.5) is 0 Å². The maximum Gasteiger partial charge on any atom is 0.326 e. The first-order valence-electron chi connectivity index (χ1n) is 11.2. The number of aliphatic carboxylic acids is 2. The summed E-state index contributed by atoms with van der Waals surface area (Å²) in [5.74, 6) is -4.64. The third kappa shape index (κ3) is 7.80. The normalized spacial score (nSPS) is 17.1. The standard InChI is InChI=1S/C23H31N5O7/c1-12(2)9-16(23(34)35)27-21(32)17(11-19(30)31)28-8-7-15(22(28)33)26-18(29)10-13-3-5-14(6-4-13)20(24)25/h3-6,12,15-17H,7-11H2,1-2H3,(H3,24,25)(H,26,29)(H,27,32)(H,30,31)(H,34,35)/t15-,16-,17-/m0/s1. The van der Waals surface area contributed by atoms with Crippen molar-refractivity contribution in [3.63, 3.8) is 0 Å². The van der Waals surface area contributed by atoms with Gasteiger partial charge in [0.05, 0.1) is 12.8 Å². The summed E-state index contributed by atoms with van der Waals surface area (Å²) in [7, 11) is 0. The van der Waals surface area contributed by atoms with E-state index in [1.165, 1.54) is 0 Å². The van der Waals surface area contributed by atoms with Gasteiger partial charge in [-0.1, -0.05) is 38.1 Å². The number of amidine groups is 1. The van der Waals surface area contributed by atoms with E-state index in [9.17, 15) is 34.2 Å².